The molecule has 1 aliphatic heterocycles. The molecule has 1 unspecified atom stereocenters. The number of methoxy groups -OCH3 is 1. The van der Waals surface area contributed by atoms with E-state index in [0.717, 1.165) is 48.7 Å². The first-order valence-corrected chi connectivity index (χ1v) is 11.5. The third-order valence-corrected chi connectivity index (χ3v) is 7.58. The first-order chi connectivity index (χ1) is 13.1. The molecule has 1 saturated heterocycles. The average Bonchev–Trinajstić information content (AvgIpc) is 3.27. The van der Waals surface area contributed by atoms with Gasteiger partial charge in [-0.25, -0.2) is 9.78 Å². The third kappa shape index (κ3) is 5.44. The second-order valence-electron chi connectivity index (χ2n) is 6.73. The van der Waals surface area contributed by atoms with Gasteiger partial charge < -0.3 is 19.0 Å². The van der Waals surface area contributed by atoms with Crippen LogP contribution in [0.5, 0.6) is 0 Å². The van der Waals surface area contributed by atoms with E-state index >= 15 is 0 Å². The summed E-state index contributed by atoms with van der Waals surface area (Å²) >= 11 is 9.53. The molecule has 0 N–H and O–H groups in total. The molecule has 0 amide bonds. The maximum atomic E-state index is 11.7. The van der Waals surface area contributed by atoms with Crippen LogP contribution in [-0.2, 0) is 19.0 Å². The Morgan fingerprint density at radius 1 is 1.52 bits per heavy atom. The van der Waals surface area contributed by atoms with Crippen LogP contribution in [0.15, 0.2) is 9.72 Å². The van der Waals surface area contributed by atoms with Gasteiger partial charge in [0.2, 0.25) is 0 Å². The summed E-state index contributed by atoms with van der Waals surface area (Å²) in [6.07, 6.45) is 5.10. The maximum absolute atomic E-state index is 11.7. The van der Waals surface area contributed by atoms with Crippen LogP contribution in [0.25, 0.3) is 0 Å². The van der Waals surface area contributed by atoms with Gasteiger partial charge in [0.05, 0.1) is 13.2 Å². The average molecular weight is 434 g/mol. The lowest BCUT2D eigenvalue weighted by Crippen LogP contribution is -2.32. The number of aldehydes is 1. The molecular weight excluding hydrogens is 410 g/mol. The number of aromatic nitrogens is 1. The van der Waals surface area contributed by atoms with Gasteiger partial charge in [0, 0.05) is 29.0 Å². The van der Waals surface area contributed by atoms with Crippen molar-refractivity contribution >= 4 is 47.0 Å². The Kier molecular flexibility index (Phi) is 7.96. The summed E-state index contributed by atoms with van der Waals surface area (Å²) in [4.78, 5) is 27.4. The molecule has 5 atom stereocenters. The molecule has 1 aromatic heterocycles. The van der Waals surface area contributed by atoms with Crippen LogP contribution in [0.4, 0.5) is 0 Å². The van der Waals surface area contributed by atoms with Crippen LogP contribution in [-0.4, -0.2) is 54.5 Å². The van der Waals surface area contributed by atoms with Crippen molar-refractivity contribution in [3.8, 4) is 0 Å². The van der Waals surface area contributed by atoms with Crippen molar-refractivity contribution in [3.63, 3.8) is 0 Å². The molecule has 1 aromatic rings. The zero-order valence-electron chi connectivity index (χ0n) is 15.2. The van der Waals surface area contributed by atoms with Crippen molar-refractivity contribution in [3.05, 3.63) is 11.1 Å². The first-order valence-electron chi connectivity index (χ1n) is 9.15. The molecule has 150 valence electrons. The normalized spacial score (nSPS) is 31.0. The quantitative estimate of drug-likeness (QED) is 0.267. The maximum Gasteiger partial charge on any atom is 0.357 e. The lowest BCUT2D eigenvalue weighted by molar-refractivity contribution is -0.194. The highest BCUT2D eigenvalue weighted by Gasteiger charge is 2.43. The number of rotatable bonds is 8. The van der Waals surface area contributed by atoms with Gasteiger partial charge in [0.15, 0.2) is 16.3 Å². The van der Waals surface area contributed by atoms with Crippen LogP contribution in [0.2, 0.25) is 0 Å². The molecule has 1 aliphatic carbocycles. The number of alkyl halides is 1. The number of ether oxygens (including phenoxy) is 3. The van der Waals surface area contributed by atoms with Gasteiger partial charge in [-0.15, -0.1) is 22.9 Å². The fourth-order valence-electron chi connectivity index (χ4n) is 3.60. The fourth-order valence-corrected chi connectivity index (χ4v) is 5.97. The summed E-state index contributed by atoms with van der Waals surface area (Å²) in [5.41, 5.74) is 0.327. The monoisotopic (exact) mass is 433 g/mol. The summed E-state index contributed by atoms with van der Waals surface area (Å²) in [7, 11) is 1.34. The Hall–Kier alpha value is -0.670. The Morgan fingerprint density at radius 3 is 3.07 bits per heavy atom. The minimum atomic E-state index is -0.430. The molecule has 1 saturated carbocycles. The van der Waals surface area contributed by atoms with E-state index in [1.165, 1.54) is 18.4 Å². The van der Waals surface area contributed by atoms with E-state index in [2.05, 4.69) is 9.72 Å². The first kappa shape index (κ1) is 21.0. The van der Waals surface area contributed by atoms with Crippen molar-refractivity contribution < 1.29 is 23.8 Å². The van der Waals surface area contributed by atoms with Gasteiger partial charge in [-0.05, 0) is 38.0 Å². The number of esters is 1. The molecule has 0 aromatic carbocycles. The zero-order chi connectivity index (χ0) is 19.2. The lowest BCUT2D eigenvalue weighted by atomic mass is 9.93. The molecule has 0 spiro atoms. The highest BCUT2D eigenvalue weighted by Crippen LogP contribution is 2.41. The van der Waals surface area contributed by atoms with E-state index in [0.29, 0.717) is 12.1 Å². The highest BCUT2D eigenvalue weighted by molar-refractivity contribution is 8.01. The summed E-state index contributed by atoms with van der Waals surface area (Å²) < 4.78 is 17.2. The van der Waals surface area contributed by atoms with Gasteiger partial charge in [0.25, 0.3) is 0 Å². The lowest BCUT2D eigenvalue weighted by Gasteiger charge is -2.28. The number of carbonyl (C=O) groups excluding carboxylic acids is 2. The highest BCUT2D eigenvalue weighted by atomic mass is 35.5. The Labute approximate surface area is 172 Å². The van der Waals surface area contributed by atoms with Crippen molar-refractivity contribution in [2.45, 2.75) is 54.2 Å². The Morgan fingerprint density at radius 2 is 2.37 bits per heavy atom. The predicted octanol–water partition coefficient (Wildman–Crippen LogP) is 3.77. The molecular formula is C18H24ClNO5S2. The number of thioether (sulfide) groups is 1. The summed E-state index contributed by atoms with van der Waals surface area (Å²) in [6, 6.07) is 0. The van der Waals surface area contributed by atoms with Crippen LogP contribution in [0.3, 0.4) is 0 Å². The van der Waals surface area contributed by atoms with Crippen LogP contribution in [0.1, 0.15) is 42.6 Å². The molecule has 0 radical (unpaired) electrons. The standard InChI is InChI=1S/C18H24ClNO5S2/c1-23-17(22)14-10-27-18(20-14)26-7-5-11-12(9-21)15(8-13(11)19)25-16-4-2-3-6-24-16/h9-13,15-16H,2-8H2,1H3/t11-,12-,13-,15-,16?/m1/s1. The number of nitrogens with zero attached hydrogens (tertiary/aromatic N) is 1. The summed E-state index contributed by atoms with van der Waals surface area (Å²) in [6.45, 7) is 0.717. The number of hydrogen-bond acceptors (Lipinski definition) is 8. The second-order valence-corrected chi connectivity index (χ2v) is 9.49. The minimum Gasteiger partial charge on any atom is -0.464 e. The molecule has 3 rings (SSSR count). The van der Waals surface area contributed by atoms with Crippen LogP contribution < -0.4 is 0 Å². The minimum absolute atomic E-state index is 0.0743. The van der Waals surface area contributed by atoms with Gasteiger partial charge in [-0.1, -0.05) is 11.8 Å². The summed E-state index contributed by atoms with van der Waals surface area (Å²) in [5, 5.41) is 1.60. The van der Waals surface area contributed by atoms with E-state index in [9.17, 15) is 9.59 Å². The third-order valence-electron chi connectivity index (χ3n) is 5.02. The molecule has 27 heavy (non-hydrogen) atoms. The van der Waals surface area contributed by atoms with Crippen molar-refractivity contribution in [2.24, 2.45) is 11.8 Å². The fraction of sp³-hybridized carbons (Fsp3) is 0.722. The topological polar surface area (TPSA) is 74.7 Å². The number of hydrogen-bond donors (Lipinski definition) is 0. The van der Waals surface area contributed by atoms with E-state index < -0.39 is 5.97 Å². The van der Waals surface area contributed by atoms with Gasteiger partial charge in [0.1, 0.15) is 6.29 Å². The number of thiazole rings is 1. The summed E-state index contributed by atoms with van der Waals surface area (Å²) in [5.74, 6) is 0.213. The van der Waals surface area contributed by atoms with E-state index in [4.69, 9.17) is 21.1 Å². The number of halogens is 1. The van der Waals surface area contributed by atoms with Gasteiger partial charge >= 0.3 is 5.97 Å². The molecule has 2 aliphatic rings. The van der Waals surface area contributed by atoms with E-state index in [1.54, 1.807) is 17.1 Å². The van der Waals surface area contributed by atoms with Gasteiger partial charge in [-0.2, -0.15) is 0 Å². The molecule has 9 heteroatoms. The smallest absolute Gasteiger partial charge is 0.357 e. The van der Waals surface area contributed by atoms with E-state index in [1.807, 2.05) is 0 Å². The molecule has 2 fully saturated rings. The zero-order valence-corrected chi connectivity index (χ0v) is 17.6. The molecule has 2 heterocycles. The Bertz CT molecular complexity index is 637. The SMILES string of the molecule is COC(=O)c1csc(SCC[C@@H]2[C@@H](C=O)[C@H](OC3CCCCO3)C[C@H]2Cl)n1. The largest absolute Gasteiger partial charge is 0.464 e. The molecule has 0 bridgehead atoms. The van der Waals surface area contributed by atoms with E-state index in [-0.39, 0.29) is 29.6 Å². The van der Waals surface area contributed by atoms with Crippen molar-refractivity contribution in [1.82, 2.24) is 4.98 Å². The van der Waals surface area contributed by atoms with Crippen molar-refractivity contribution in [1.29, 1.82) is 0 Å². The molecule has 6 nitrogen and oxygen atoms in total. The van der Waals surface area contributed by atoms with Crippen molar-refractivity contribution in [2.75, 3.05) is 19.5 Å². The van der Waals surface area contributed by atoms with Crippen LogP contribution in [0, 0.1) is 11.8 Å². The number of carbonyl (C=O) groups is 2. The second kappa shape index (κ2) is 10.2. The van der Waals surface area contributed by atoms with Gasteiger partial charge in [-0.3, -0.25) is 0 Å². The Balaban J connectivity index is 1.50. The predicted molar refractivity (Wildman–Crippen MR) is 105 cm³/mol. The van der Waals surface area contributed by atoms with Crippen LogP contribution >= 0.6 is 34.7 Å².